The molecule has 0 saturated heterocycles. The van der Waals surface area contributed by atoms with Crippen LogP contribution in [0.25, 0.3) is 44.9 Å². The average molecular weight is 904 g/mol. The predicted molar refractivity (Wildman–Crippen MR) is 298 cm³/mol. The maximum absolute atomic E-state index is 6.08. The molecule has 4 aliphatic heterocycles. The van der Waals surface area contributed by atoms with E-state index in [9.17, 15) is 0 Å². The summed E-state index contributed by atoms with van der Waals surface area (Å²) in [4.78, 5) is 5.19. The largest absolute Gasteiger partial charge is 0.461 e. The Morgan fingerprint density at radius 2 is 0.732 bits per heavy atom. The van der Waals surface area contributed by atoms with Gasteiger partial charge >= 0.3 is 0 Å². The van der Waals surface area contributed by atoms with Crippen molar-refractivity contribution < 1.29 is 8.83 Å². The third-order valence-electron chi connectivity index (χ3n) is 15.6. The van der Waals surface area contributed by atoms with E-state index in [1.807, 2.05) is 32.0 Å². The molecule has 0 N–H and O–H groups in total. The first kappa shape index (κ1) is 40.2. The Bertz CT molecular complexity index is 3950. The molecule has 0 atom stereocenters. The molecule has 11 aromatic rings. The molecule has 0 fully saturated rings. The standard InChI is InChI=1S/C64H43B3N2O2/c1-40-25-35-60(70-40)44-31-27-42(28-32-44)46-13-10-16-49(37-46)66-51-18-7-9-22-57(51)68-58-23-12-24-59-62(58)67(53-20-11-19-52(66)63(53)68)55-39-47(43-29-33-45(34-30-43)61-36-26-41(2)71-61)38-54-64(55)69(59)56-21-8-6-17-50(56)65(54)48-14-4-3-5-15-48/h3-39H,1-2H3. The van der Waals surface area contributed by atoms with Crippen molar-refractivity contribution in [1.29, 1.82) is 0 Å². The van der Waals surface area contributed by atoms with Crippen molar-refractivity contribution in [2.24, 2.45) is 0 Å². The summed E-state index contributed by atoms with van der Waals surface area (Å²) in [6.45, 7) is 4.01. The molecule has 0 amide bonds. The zero-order valence-corrected chi connectivity index (χ0v) is 39.3. The molecule has 6 heterocycles. The van der Waals surface area contributed by atoms with Crippen molar-refractivity contribution in [3.63, 3.8) is 0 Å². The van der Waals surface area contributed by atoms with Gasteiger partial charge in [0.05, 0.1) is 0 Å². The van der Waals surface area contributed by atoms with E-state index in [4.69, 9.17) is 8.83 Å². The monoisotopic (exact) mass is 904 g/mol. The molecule has 0 saturated carbocycles. The number of aryl methyl sites for hydroxylation is 2. The van der Waals surface area contributed by atoms with E-state index in [2.05, 4.69) is 216 Å². The van der Waals surface area contributed by atoms with Crippen LogP contribution in [-0.2, 0) is 0 Å². The van der Waals surface area contributed by atoms with Crippen LogP contribution in [0.15, 0.2) is 233 Å². The highest BCUT2D eigenvalue weighted by Gasteiger charge is 2.50. The highest BCUT2D eigenvalue weighted by Crippen LogP contribution is 2.45. The number of anilines is 6. The first-order valence-electron chi connectivity index (χ1n) is 24.7. The molecule has 330 valence electrons. The summed E-state index contributed by atoms with van der Waals surface area (Å²) >= 11 is 0. The molecule has 0 unspecified atom stereocenters. The van der Waals surface area contributed by atoms with Crippen LogP contribution in [0.1, 0.15) is 11.5 Å². The minimum absolute atomic E-state index is 0.0126. The van der Waals surface area contributed by atoms with Gasteiger partial charge in [-0.05, 0) is 123 Å². The lowest BCUT2D eigenvalue weighted by Crippen LogP contribution is -2.69. The SMILES string of the molecule is Cc1ccc(-c2ccc(-c3cccc(B4c5ccccc5N5c6cccc7c6B(c6cccc4c65)c4cc(-c5ccc(-c6ccc(C)o6)cc5)cc5c4N7c4ccccc4B5c4ccccc4)c3)cc2)o1. The summed E-state index contributed by atoms with van der Waals surface area (Å²) < 4.78 is 12.0. The van der Waals surface area contributed by atoms with E-state index in [0.717, 1.165) is 34.2 Å². The van der Waals surface area contributed by atoms with Gasteiger partial charge in [0.15, 0.2) is 0 Å². The van der Waals surface area contributed by atoms with E-state index >= 15 is 0 Å². The normalized spacial score (nSPS) is 13.4. The van der Waals surface area contributed by atoms with Gasteiger partial charge in [0, 0.05) is 45.3 Å². The van der Waals surface area contributed by atoms with Crippen molar-refractivity contribution in [2.75, 3.05) is 9.80 Å². The molecule has 2 aromatic heterocycles. The minimum Gasteiger partial charge on any atom is -0.461 e. The number of hydrogen-bond donors (Lipinski definition) is 0. The van der Waals surface area contributed by atoms with Crippen LogP contribution in [0.3, 0.4) is 0 Å². The Labute approximate surface area is 414 Å². The Morgan fingerprint density at radius 1 is 0.296 bits per heavy atom. The minimum atomic E-state index is -0.0295. The van der Waals surface area contributed by atoms with Crippen LogP contribution in [0.4, 0.5) is 34.1 Å². The maximum atomic E-state index is 6.08. The third-order valence-corrected chi connectivity index (χ3v) is 15.6. The molecule has 7 heteroatoms. The second-order valence-corrected chi connectivity index (χ2v) is 19.6. The summed E-state index contributed by atoms with van der Waals surface area (Å²) in [7, 11) is 0. The van der Waals surface area contributed by atoms with E-state index in [-0.39, 0.29) is 20.1 Å². The summed E-state index contributed by atoms with van der Waals surface area (Å²) in [5.41, 5.74) is 26.3. The van der Waals surface area contributed by atoms with E-state index in [1.54, 1.807) is 0 Å². The lowest BCUT2D eigenvalue weighted by Gasteiger charge is -2.49. The number of para-hydroxylation sites is 3. The fourth-order valence-corrected chi connectivity index (χ4v) is 12.6. The summed E-state index contributed by atoms with van der Waals surface area (Å²) in [6.07, 6.45) is 0. The van der Waals surface area contributed by atoms with E-state index in [1.165, 1.54) is 106 Å². The van der Waals surface area contributed by atoms with Gasteiger partial charge in [0.25, 0.3) is 6.71 Å². The van der Waals surface area contributed by atoms with Gasteiger partial charge in [-0.1, -0.05) is 187 Å². The molecule has 15 rings (SSSR count). The number of hydrogen-bond acceptors (Lipinski definition) is 4. The van der Waals surface area contributed by atoms with E-state index < -0.39 is 0 Å². The topological polar surface area (TPSA) is 32.8 Å². The summed E-state index contributed by atoms with van der Waals surface area (Å²) in [5.74, 6) is 3.60. The quantitative estimate of drug-likeness (QED) is 0.156. The van der Waals surface area contributed by atoms with Gasteiger partial charge < -0.3 is 18.6 Å². The zero-order valence-electron chi connectivity index (χ0n) is 39.3. The first-order valence-corrected chi connectivity index (χ1v) is 24.7. The van der Waals surface area contributed by atoms with Crippen LogP contribution < -0.4 is 59.0 Å². The second-order valence-electron chi connectivity index (χ2n) is 19.6. The Morgan fingerprint density at radius 3 is 1.32 bits per heavy atom. The van der Waals surface area contributed by atoms with Crippen molar-refractivity contribution in [3.05, 3.63) is 236 Å². The average Bonchev–Trinajstić information content (AvgIpc) is 4.08. The first-order chi connectivity index (χ1) is 35.0. The molecular formula is C64H43B3N2O2. The second kappa shape index (κ2) is 15.4. The van der Waals surface area contributed by atoms with Gasteiger partial charge in [-0.15, -0.1) is 0 Å². The van der Waals surface area contributed by atoms with E-state index in [0.29, 0.717) is 0 Å². The van der Waals surface area contributed by atoms with Gasteiger partial charge in [-0.2, -0.15) is 0 Å². The number of fused-ring (bicyclic) bond motifs is 8. The number of benzene rings is 9. The Kier molecular flexibility index (Phi) is 8.74. The molecular weight excluding hydrogens is 861 g/mol. The molecule has 9 aromatic carbocycles. The fraction of sp³-hybridized carbons (Fsp3) is 0.0312. The molecule has 4 nitrogen and oxygen atoms in total. The number of nitrogens with zero attached hydrogens (tertiary/aromatic N) is 2. The van der Waals surface area contributed by atoms with Crippen molar-refractivity contribution in [1.82, 2.24) is 0 Å². The third kappa shape index (κ3) is 6.02. The number of rotatable bonds is 6. The zero-order chi connectivity index (χ0) is 46.9. The molecule has 0 aliphatic carbocycles. The lowest BCUT2D eigenvalue weighted by molar-refractivity contribution is 0.548. The molecule has 4 aliphatic rings. The van der Waals surface area contributed by atoms with Gasteiger partial charge in [0.1, 0.15) is 23.0 Å². The van der Waals surface area contributed by atoms with Crippen molar-refractivity contribution in [2.45, 2.75) is 13.8 Å². The molecule has 71 heavy (non-hydrogen) atoms. The fourth-order valence-electron chi connectivity index (χ4n) is 12.6. The van der Waals surface area contributed by atoms with Crippen LogP contribution in [0.5, 0.6) is 0 Å². The molecule has 0 spiro atoms. The highest BCUT2D eigenvalue weighted by molar-refractivity contribution is 7.05. The van der Waals surface area contributed by atoms with Gasteiger partial charge in [0.2, 0.25) is 13.4 Å². The summed E-state index contributed by atoms with van der Waals surface area (Å²) in [6, 6.07) is 83.6. The van der Waals surface area contributed by atoms with Gasteiger partial charge in [-0.3, -0.25) is 0 Å². The highest BCUT2D eigenvalue weighted by atomic mass is 16.3. The van der Waals surface area contributed by atoms with Crippen molar-refractivity contribution in [3.8, 4) is 44.9 Å². The van der Waals surface area contributed by atoms with Crippen LogP contribution in [0, 0.1) is 13.8 Å². The lowest BCUT2D eigenvalue weighted by atomic mass is 9.28. The predicted octanol–water partition coefficient (Wildman–Crippen LogP) is 9.90. The maximum Gasteiger partial charge on any atom is 0.252 e. The van der Waals surface area contributed by atoms with Crippen molar-refractivity contribution >= 4 is 103 Å². The molecule has 0 bridgehead atoms. The molecule has 0 radical (unpaired) electrons. The van der Waals surface area contributed by atoms with Crippen LogP contribution in [-0.4, -0.2) is 20.1 Å². The van der Waals surface area contributed by atoms with Crippen LogP contribution >= 0.6 is 0 Å². The number of furan rings is 2. The van der Waals surface area contributed by atoms with Gasteiger partial charge in [-0.25, -0.2) is 0 Å². The smallest absolute Gasteiger partial charge is 0.252 e. The summed E-state index contributed by atoms with van der Waals surface area (Å²) in [5, 5.41) is 0. The Balaban J connectivity index is 0.949. The van der Waals surface area contributed by atoms with Crippen LogP contribution in [0.2, 0.25) is 0 Å². The Hall–Kier alpha value is -8.67.